The fourth-order valence-corrected chi connectivity index (χ4v) is 3.40. The Balaban J connectivity index is 0.00000261. The second-order valence-electron chi connectivity index (χ2n) is 7.16. The Kier molecular flexibility index (Phi) is 7.90. The lowest BCUT2D eigenvalue weighted by Crippen LogP contribution is -2.45. The lowest BCUT2D eigenvalue weighted by molar-refractivity contribution is 0.151. The van der Waals surface area contributed by atoms with Crippen LogP contribution in [-0.2, 0) is 6.54 Å². The molecule has 0 aliphatic carbocycles. The average Bonchev–Trinajstić information content (AvgIpc) is 2.68. The van der Waals surface area contributed by atoms with Crippen molar-refractivity contribution < 1.29 is 4.74 Å². The molecule has 1 unspecified atom stereocenters. The molecule has 0 saturated carbocycles. The molecule has 1 aliphatic rings. The minimum Gasteiger partial charge on any atom is -0.496 e. The van der Waals surface area contributed by atoms with Crippen LogP contribution in [0.15, 0.2) is 42.6 Å². The quantitative estimate of drug-likeness (QED) is 0.817. The molecule has 0 amide bonds. The van der Waals surface area contributed by atoms with E-state index in [1.165, 1.54) is 11.1 Å². The zero-order valence-corrected chi connectivity index (χ0v) is 17.5. The summed E-state index contributed by atoms with van der Waals surface area (Å²) < 4.78 is 5.59. The third kappa shape index (κ3) is 5.12. The van der Waals surface area contributed by atoms with E-state index in [9.17, 15) is 0 Å². The SMILES string of the molecule is COc1ccccc1C1CNCCN1Cc1ccc(N(C)C(C)C)nc1.Cl. The third-order valence-corrected chi connectivity index (χ3v) is 5.18. The summed E-state index contributed by atoms with van der Waals surface area (Å²) >= 11 is 0. The van der Waals surface area contributed by atoms with Gasteiger partial charge in [-0.3, -0.25) is 4.90 Å². The van der Waals surface area contributed by atoms with Gasteiger partial charge in [0, 0.05) is 51.0 Å². The summed E-state index contributed by atoms with van der Waals surface area (Å²) in [5, 5.41) is 3.52. The van der Waals surface area contributed by atoms with E-state index in [1.54, 1.807) is 7.11 Å². The average molecular weight is 391 g/mol. The van der Waals surface area contributed by atoms with E-state index in [1.807, 2.05) is 18.3 Å². The second-order valence-corrected chi connectivity index (χ2v) is 7.16. The number of halogens is 1. The van der Waals surface area contributed by atoms with Crippen molar-refractivity contribution in [2.24, 2.45) is 0 Å². The normalized spacial score (nSPS) is 17.4. The molecule has 1 aromatic carbocycles. The molecule has 1 fully saturated rings. The zero-order chi connectivity index (χ0) is 18.5. The number of para-hydroxylation sites is 1. The van der Waals surface area contributed by atoms with E-state index < -0.39 is 0 Å². The number of anilines is 1. The van der Waals surface area contributed by atoms with Crippen LogP contribution in [0, 0.1) is 0 Å². The second kappa shape index (κ2) is 9.93. The van der Waals surface area contributed by atoms with E-state index in [2.05, 4.69) is 65.3 Å². The number of hydrogen-bond donors (Lipinski definition) is 1. The molecule has 2 heterocycles. The van der Waals surface area contributed by atoms with Crippen molar-refractivity contribution in [2.75, 3.05) is 38.7 Å². The Morgan fingerprint density at radius 2 is 2.04 bits per heavy atom. The van der Waals surface area contributed by atoms with E-state index in [-0.39, 0.29) is 12.4 Å². The minimum atomic E-state index is 0. The Hall–Kier alpha value is -1.82. The van der Waals surface area contributed by atoms with Gasteiger partial charge in [0.05, 0.1) is 13.2 Å². The first kappa shape index (κ1) is 21.5. The standard InChI is InChI=1S/C21H30N4O.ClH/c1-16(2)24(3)21-10-9-17(13-23-21)15-25-12-11-22-14-19(25)18-7-5-6-8-20(18)26-4;/h5-10,13,16,19,22H,11-12,14-15H2,1-4H3;1H. The van der Waals surface area contributed by atoms with E-state index >= 15 is 0 Å². The first-order valence-electron chi connectivity index (χ1n) is 9.35. The summed E-state index contributed by atoms with van der Waals surface area (Å²) in [5.74, 6) is 1.98. The van der Waals surface area contributed by atoms with Crippen LogP contribution in [0.1, 0.15) is 31.0 Å². The van der Waals surface area contributed by atoms with Crippen LogP contribution >= 0.6 is 12.4 Å². The van der Waals surface area contributed by atoms with Gasteiger partial charge in [0.1, 0.15) is 11.6 Å². The van der Waals surface area contributed by atoms with Gasteiger partial charge < -0.3 is 15.0 Å². The summed E-state index contributed by atoms with van der Waals surface area (Å²) in [5.41, 5.74) is 2.49. The highest BCUT2D eigenvalue weighted by atomic mass is 35.5. The number of pyridine rings is 1. The van der Waals surface area contributed by atoms with Gasteiger partial charge in [-0.15, -0.1) is 12.4 Å². The Labute approximate surface area is 169 Å². The smallest absolute Gasteiger partial charge is 0.128 e. The summed E-state index contributed by atoms with van der Waals surface area (Å²) in [6.45, 7) is 8.19. The van der Waals surface area contributed by atoms with Gasteiger partial charge in [0.15, 0.2) is 0 Å². The molecule has 2 aromatic rings. The number of nitrogens with one attached hydrogen (secondary N) is 1. The summed E-state index contributed by atoms with van der Waals surface area (Å²) in [7, 11) is 3.83. The number of piperazine rings is 1. The van der Waals surface area contributed by atoms with Crippen molar-refractivity contribution in [1.29, 1.82) is 0 Å². The molecule has 3 rings (SSSR count). The number of methoxy groups -OCH3 is 1. The fourth-order valence-electron chi connectivity index (χ4n) is 3.40. The summed E-state index contributed by atoms with van der Waals surface area (Å²) in [4.78, 5) is 9.35. The first-order chi connectivity index (χ1) is 12.6. The molecule has 5 nitrogen and oxygen atoms in total. The van der Waals surface area contributed by atoms with Gasteiger partial charge in [-0.1, -0.05) is 24.3 Å². The van der Waals surface area contributed by atoms with E-state index in [4.69, 9.17) is 4.74 Å². The number of rotatable bonds is 6. The minimum absolute atomic E-state index is 0. The lowest BCUT2D eigenvalue weighted by atomic mass is 10.0. The summed E-state index contributed by atoms with van der Waals surface area (Å²) in [6, 6.07) is 13.4. The summed E-state index contributed by atoms with van der Waals surface area (Å²) in [6.07, 6.45) is 2.01. The molecular formula is C21H31ClN4O. The Morgan fingerprint density at radius 3 is 2.70 bits per heavy atom. The van der Waals surface area contributed by atoms with Crippen molar-refractivity contribution in [3.05, 3.63) is 53.7 Å². The highest BCUT2D eigenvalue weighted by Crippen LogP contribution is 2.31. The number of ether oxygens (including phenoxy) is 1. The maximum absolute atomic E-state index is 5.59. The van der Waals surface area contributed by atoms with Gasteiger partial charge in [-0.25, -0.2) is 4.98 Å². The first-order valence-corrected chi connectivity index (χ1v) is 9.35. The van der Waals surface area contributed by atoms with Crippen LogP contribution < -0.4 is 15.0 Å². The molecule has 1 aromatic heterocycles. The molecule has 0 radical (unpaired) electrons. The van der Waals surface area contributed by atoms with Gasteiger partial charge in [0.25, 0.3) is 0 Å². The van der Waals surface area contributed by atoms with Crippen LogP contribution in [0.5, 0.6) is 5.75 Å². The van der Waals surface area contributed by atoms with Gasteiger partial charge in [0.2, 0.25) is 0 Å². The fraction of sp³-hybridized carbons (Fsp3) is 0.476. The lowest BCUT2D eigenvalue weighted by Gasteiger charge is -2.37. The molecule has 0 spiro atoms. The van der Waals surface area contributed by atoms with Gasteiger partial charge >= 0.3 is 0 Å². The number of benzene rings is 1. The molecular weight excluding hydrogens is 360 g/mol. The van der Waals surface area contributed by atoms with E-state index in [0.717, 1.165) is 37.7 Å². The third-order valence-electron chi connectivity index (χ3n) is 5.18. The topological polar surface area (TPSA) is 40.6 Å². The number of hydrogen-bond acceptors (Lipinski definition) is 5. The van der Waals surface area contributed by atoms with Crippen molar-refractivity contribution in [1.82, 2.24) is 15.2 Å². The zero-order valence-electron chi connectivity index (χ0n) is 16.7. The molecule has 0 bridgehead atoms. The van der Waals surface area contributed by atoms with Crippen LogP contribution in [0.4, 0.5) is 5.82 Å². The molecule has 148 valence electrons. The van der Waals surface area contributed by atoms with Gasteiger partial charge in [-0.2, -0.15) is 0 Å². The van der Waals surface area contributed by atoms with Crippen molar-refractivity contribution in [3.63, 3.8) is 0 Å². The largest absolute Gasteiger partial charge is 0.496 e. The van der Waals surface area contributed by atoms with Crippen molar-refractivity contribution >= 4 is 18.2 Å². The van der Waals surface area contributed by atoms with Gasteiger partial charge in [-0.05, 0) is 31.5 Å². The van der Waals surface area contributed by atoms with Crippen LogP contribution in [0.2, 0.25) is 0 Å². The Morgan fingerprint density at radius 1 is 1.26 bits per heavy atom. The van der Waals surface area contributed by atoms with Crippen molar-refractivity contribution in [3.8, 4) is 5.75 Å². The molecule has 27 heavy (non-hydrogen) atoms. The maximum Gasteiger partial charge on any atom is 0.128 e. The highest BCUT2D eigenvalue weighted by Gasteiger charge is 2.26. The Bertz CT molecular complexity index is 708. The molecule has 1 N–H and O–H groups in total. The number of nitrogens with zero attached hydrogens (tertiary/aromatic N) is 3. The molecule has 1 aliphatic heterocycles. The highest BCUT2D eigenvalue weighted by molar-refractivity contribution is 5.85. The predicted octanol–water partition coefficient (Wildman–Crippen LogP) is 3.50. The van der Waals surface area contributed by atoms with Crippen LogP contribution in [0.3, 0.4) is 0 Å². The van der Waals surface area contributed by atoms with E-state index in [0.29, 0.717) is 12.1 Å². The maximum atomic E-state index is 5.59. The molecule has 6 heteroatoms. The monoisotopic (exact) mass is 390 g/mol. The van der Waals surface area contributed by atoms with Crippen LogP contribution in [-0.4, -0.2) is 49.7 Å². The van der Waals surface area contributed by atoms with Crippen molar-refractivity contribution in [2.45, 2.75) is 32.5 Å². The van der Waals surface area contributed by atoms with Crippen LogP contribution in [0.25, 0.3) is 0 Å². The molecule has 1 saturated heterocycles. The molecule has 1 atom stereocenters. The number of aromatic nitrogens is 1. The predicted molar refractivity (Wildman–Crippen MR) is 114 cm³/mol.